The van der Waals surface area contributed by atoms with Gasteiger partial charge in [-0.15, -0.1) is 22.7 Å². The topological polar surface area (TPSA) is 59.2 Å². The zero-order chi connectivity index (χ0) is 17.9. The van der Waals surface area contributed by atoms with Crippen LogP contribution in [0.1, 0.15) is 11.3 Å². The maximum absolute atomic E-state index is 12.8. The van der Waals surface area contributed by atoms with Gasteiger partial charge < -0.3 is 10.6 Å². The van der Waals surface area contributed by atoms with E-state index in [0.717, 1.165) is 45.5 Å². The molecule has 134 valence electrons. The van der Waals surface area contributed by atoms with E-state index in [0.29, 0.717) is 18.9 Å². The van der Waals surface area contributed by atoms with Gasteiger partial charge in [0.25, 0.3) is 0 Å². The summed E-state index contributed by atoms with van der Waals surface area (Å²) in [5.41, 5.74) is 7.81. The van der Waals surface area contributed by atoms with E-state index in [-0.39, 0.29) is 5.91 Å². The first kappa shape index (κ1) is 17.4. The molecule has 0 bridgehead atoms. The van der Waals surface area contributed by atoms with E-state index in [1.54, 1.807) is 22.7 Å². The highest BCUT2D eigenvalue weighted by atomic mass is 32.1. The monoisotopic (exact) mass is 383 g/mol. The minimum atomic E-state index is 0.182. The molecule has 1 amide bonds. The number of nitrogens with zero attached hydrogens (tertiary/aromatic N) is 2. The number of carbonyl (C=O) groups excluding carboxylic acids is 1. The lowest BCUT2D eigenvalue weighted by Crippen LogP contribution is -2.31. The highest BCUT2D eigenvalue weighted by molar-refractivity contribution is 7.17. The Labute approximate surface area is 161 Å². The Bertz CT molecular complexity index is 874. The van der Waals surface area contributed by atoms with Crippen LogP contribution in [-0.2, 0) is 11.2 Å². The molecule has 3 aromatic rings. The highest BCUT2D eigenvalue weighted by Gasteiger charge is 2.27. The van der Waals surface area contributed by atoms with Crippen LogP contribution in [0.5, 0.6) is 0 Å². The zero-order valence-corrected chi connectivity index (χ0v) is 16.1. The summed E-state index contributed by atoms with van der Waals surface area (Å²) < 4.78 is 0. The van der Waals surface area contributed by atoms with Crippen LogP contribution in [0.4, 0.5) is 0 Å². The second kappa shape index (κ2) is 7.70. The van der Waals surface area contributed by atoms with Crippen molar-refractivity contribution < 1.29 is 4.79 Å². The number of thiophene rings is 1. The number of nitrogens with two attached hydrogens (primary N) is 1. The lowest BCUT2D eigenvalue weighted by atomic mass is 10.1. The van der Waals surface area contributed by atoms with Crippen LogP contribution in [0.2, 0.25) is 0 Å². The first-order chi connectivity index (χ1) is 12.7. The maximum Gasteiger partial charge on any atom is 0.227 e. The molecule has 1 aliphatic heterocycles. The number of thiazole rings is 1. The molecule has 1 aliphatic rings. The molecular weight excluding hydrogens is 362 g/mol. The number of rotatable bonds is 5. The molecule has 1 atom stereocenters. The first-order valence-corrected chi connectivity index (χ1v) is 10.5. The lowest BCUT2D eigenvalue weighted by molar-refractivity contribution is -0.129. The predicted octanol–water partition coefficient (Wildman–Crippen LogP) is 3.89. The highest BCUT2D eigenvalue weighted by Crippen LogP contribution is 2.36. The van der Waals surface area contributed by atoms with Gasteiger partial charge in [-0.05, 0) is 30.3 Å². The van der Waals surface area contributed by atoms with Gasteiger partial charge in [0.15, 0.2) is 0 Å². The van der Waals surface area contributed by atoms with Gasteiger partial charge in [0.2, 0.25) is 5.91 Å². The summed E-state index contributed by atoms with van der Waals surface area (Å²) in [6.07, 6.45) is 1.42. The van der Waals surface area contributed by atoms with Crippen LogP contribution in [0.3, 0.4) is 0 Å². The maximum atomic E-state index is 12.8. The number of amides is 1. The molecule has 0 spiro atoms. The molecule has 4 rings (SSSR count). The van der Waals surface area contributed by atoms with Gasteiger partial charge in [-0.2, -0.15) is 0 Å². The van der Waals surface area contributed by atoms with Crippen molar-refractivity contribution in [3.05, 3.63) is 52.7 Å². The van der Waals surface area contributed by atoms with Gasteiger partial charge in [-0.3, -0.25) is 4.79 Å². The van der Waals surface area contributed by atoms with Gasteiger partial charge in [-0.25, -0.2) is 4.98 Å². The van der Waals surface area contributed by atoms with Crippen molar-refractivity contribution in [1.29, 1.82) is 0 Å². The second-order valence-corrected chi connectivity index (χ2v) is 8.57. The van der Waals surface area contributed by atoms with Crippen molar-refractivity contribution >= 4 is 28.6 Å². The van der Waals surface area contributed by atoms with E-state index < -0.39 is 0 Å². The lowest BCUT2D eigenvalue weighted by Gasteiger charge is -2.16. The summed E-state index contributed by atoms with van der Waals surface area (Å²) in [4.78, 5) is 21.8. The van der Waals surface area contributed by atoms with Crippen molar-refractivity contribution in [3.8, 4) is 21.1 Å². The molecule has 2 aromatic heterocycles. The Morgan fingerprint density at radius 2 is 2.08 bits per heavy atom. The minimum Gasteiger partial charge on any atom is -0.342 e. The normalized spacial score (nSPS) is 17.0. The van der Waals surface area contributed by atoms with Crippen LogP contribution in [0, 0.1) is 5.92 Å². The molecule has 26 heavy (non-hydrogen) atoms. The van der Waals surface area contributed by atoms with E-state index in [9.17, 15) is 4.79 Å². The molecule has 2 N–H and O–H groups in total. The van der Waals surface area contributed by atoms with Crippen LogP contribution >= 0.6 is 22.7 Å². The predicted molar refractivity (Wildman–Crippen MR) is 108 cm³/mol. The van der Waals surface area contributed by atoms with Crippen LogP contribution < -0.4 is 5.73 Å². The van der Waals surface area contributed by atoms with Gasteiger partial charge in [-0.1, -0.05) is 36.4 Å². The van der Waals surface area contributed by atoms with E-state index in [4.69, 9.17) is 10.7 Å². The average molecular weight is 384 g/mol. The second-order valence-electron chi connectivity index (χ2n) is 6.54. The van der Waals surface area contributed by atoms with Gasteiger partial charge in [0.05, 0.1) is 17.0 Å². The quantitative estimate of drug-likeness (QED) is 0.727. The number of likely N-dealkylation sites (tertiary alicyclic amines) is 1. The van der Waals surface area contributed by atoms with Crippen molar-refractivity contribution in [1.82, 2.24) is 9.88 Å². The van der Waals surface area contributed by atoms with Gasteiger partial charge in [0.1, 0.15) is 5.01 Å². The first-order valence-electron chi connectivity index (χ1n) is 8.81. The third-order valence-electron chi connectivity index (χ3n) is 4.76. The Morgan fingerprint density at radius 3 is 2.77 bits per heavy atom. The summed E-state index contributed by atoms with van der Waals surface area (Å²) in [5.74, 6) is 0.624. The largest absolute Gasteiger partial charge is 0.342 e. The molecule has 1 saturated heterocycles. The Morgan fingerprint density at radius 1 is 1.23 bits per heavy atom. The van der Waals surface area contributed by atoms with Gasteiger partial charge in [0, 0.05) is 23.5 Å². The van der Waals surface area contributed by atoms with E-state index in [1.807, 2.05) is 29.2 Å². The van der Waals surface area contributed by atoms with E-state index >= 15 is 0 Å². The van der Waals surface area contributed by atoms with E-state index in [2.05, 4.69) is 23.6 Å². The molecule has 0 unspecified atom stereocenters. The molecule has 1 fully saturated rings. The van der Waals surface area contributed by atoms with Crippen molar-refractivity contribution in [2.75, 3.05) is 19.6 Å². The Kier molecular flexibility index (Phi) is 5.15. The van der Waals surface area contributed by atoms with Crippen LogP contribution in [-0.4, -0.2) is 35.4 Å². The van der Waals surface area contributed by atoms with Crippen molar-refractivity contribution in [3.63, 3.8) is 0 Å². The zero-order valence-electron chi connectivity index (χ0n) is 14.4. The van der Waals surface area contributed by atoms with Crippen LogP contribution in [0.15, 0.2) is 47.8 Å². The van der Waals surface area contributed by atoms with Gasteiger partial charge >= 0.3 is 0 Å². The summed E-state index contributed by atoms with van der Waals surface area (Å²) in [6, 6.07) is 14.3. The molecule has 3 heterocycles. The summed E-state index contributed by atoms with van der Waals surface area (Å²) >= 11 is 3.29. The SMILES string of the molecule is NC[C@@H]1CCN(C(=O)Cc2sc(-c3ccccc3)nc2-c2cccs2)C1. The number of aromatic nitrogens is 1. The Hall–Kier alpha value is -2.02. The molecule has 4 nitrogen and oxygen atoms in total. The Balaban J connectivity index is 1.62. The van der Waals surface area contributed by atoms with E-state index in [1.165, 1.54) is 0 Å². The van der Waals surface area contributed by atoms with Crippen molar-refractivity contribution in [2.45, 2.75) is 12.8 Å². The average Bonchev–Trinajstić information content (AvgIpc) is 3.42. The fourth-order valence-electron chi connectivity index (χ4n) is 3.28. The molecule has 0 aliphatic carbocycles. The number of benzene rings is 1. The molecule has 1 aromatic carbocycles. The third kappa shape index (κ3) is 3.58. The summed E-state index contributed by atoms with van der Waals surface area (Å²) in [7, 11) is 0. The standard InChI is InChI=1S/C20H21N3OS2/c21-12-14-8-9-23(13-14)18(24)11-17-19(16-7-4-10-25-16)22-20(26-17)15-5-2-1-3-6-15/h1-7,10,14H,8-9,11-13,21H2/t14-/m0/s1. The fraction of sp³-hybridized carbons (Fsp3) is 0.300. The molecule has 0 radical (unpaired) electrons. The molecule has 0 saturated carbocycles. The van der Waals surface area contributed by atoms with Crippen LogP contribution in [0.25, 0.3) is 21.1 Å². The fourth-order valence-corrected chi connectivity index (χ4v) is 5.16. The third-order valence-corrected chi connectivity index (χ3v) is 6.74. The molecule has 6 heteroatoms. The smallest absolute Gasteiger partial charge is 0.227 e. The number of carbonyl (C=O) groups is 1. The van der Waals surface area contributed by atoms with Crippen molar-refractivity contribution in [2.24, 2.45) is 11.7 Å². The summed E-state index contributed by atoms with van der Waals surface area (Å²) in [5, 5.41) is 3.02. The minimum absolute atomic E-state index is 0.182. The molecular formula is C20H21N3OS2. The number of hydrogen-bond donors (Lipinski definition) is 1. The summed E-state index contributed by atoms with van der Waals surface area (Å²) in [6.45, 7) is 2.26. The number of hydrogen-bond acceptors (Lipinski definition) is 5.